The van der Waals surface area contributed by atoms with Crippen LogP contribution < -0.4 is 5.32 Å². The second kappa shape index (κ2) is 12.5. The third kappa shape index (κ3) is 6.59. The number of hydrogen-bond acceptors (Lipinski definition) is 6. The monoisotopic (exact) mass is 577 g/mol. The molecular weight excluding hydrogens is 541 g/mol. The minimum atomic E-state index is -0.522. The summed E-state index contributed by atoms with van der Waals surface area (Å²) in [7, 11) is 1.87. The van der Waals surface area contributed by atoms with Gasteiger partial charge in [-0.15, -0.1) is 23.7 Å². The van der Waals surface area contributed by atoms with Gasteiger partial charge in [0, 0.05) is 53.3 Å². The van der Waals surface area contributed by atoms with Crippen molar-refractivity contribution in [3.63, 3.8) is 0 Å². The highest BCUT2D eigenvalue weighted by Gasteiger charge is 2.38. The Morgan fingerprint density at radius 3 is 2.47 bits per heavy atom. The van der Waals surface area contributed by atoms with E-state index in [1.54, 1.807) is 4.68 Å². The average Bonchev–Trinajstić information content (AvgIpc) is 3.39. The van der Waals surface area contributed by atoms with Gasteiger partial charge in [0.05, 0.1) is 17.3 Å². The van der Waals surface area contributed by atoms with Crippen molar-refractivity contribution >= 4 is 47.1 Å². The Morgan fingerprint density at radius 2 is 1.87 bits per heavy atom. The van der Waals surface area contributed by atoms with Crippen molar-refractivity contribution in [2.24, 2.45) is 7.05 Å². The lowest BCUT2D eigenvalue weighted by Gasteiger charge is -2.45. The molecule has 1 aliphatic carbocycles. The second-order valence-corrected chi connectivity index (χ2v) is 12.2. The first kappa shape index (κ1) is 29.0. The lowest BCUT2D eigenvalue weighted by atomic mass is 9.84. The molecule has 7 nitrogen and oxygen atoms in total. The van der Waals surface area contributed by atoms with Crippen LogP contribution in [0.1, 0.15) is 58.4 Å². The largest absolute Gasteiger partial charge is 0.365 e. The maximum Gasteiger partial charge on any atom is 0.256 e. The number of nitrogens with one attached hydrogen (secondary N) is 1. The summed E-state index contributed by atoms with van der Waals surface area (Å²) in [5.41, 5.74) is 3.39. The number of halogens is 2. The minimum absolute atomic E-state index is 0. The number of hydrogen-bond donors (Lipinski definition) is 1. The highest BCUT2D eigenvalue weighted by atomic mass is 35.5. The Morgan fingerprint density at radius 1 is 1.16 bits per heavy atom. The van der Waals surface area contributed by atoms with Gasteiger partial charge in [-0.1, -0.05) is 23.7 Å². The van der Waals surface area contributed by atoms with Gasteiger partial charge in [-0.2, -0.15) is 5.10 Å². The van der Waals surface area contributed by atoms with Crippen molar-refractivity contribution in [1.29, 1.82) is 0 Å². The summed E-state index contributed by atoms with van der Waals surface area (Å²) in [5.74, 6) is 0.976. The summed E-state index contributed by atoms with van der Waals surface area (Å²) in [5, 5.41) is 9.37. The zero-order valence-electron chi connectivity index (χ0n) is 22.4. The van der Waals surface area contributed by atoms with Gasteiger partial charge < -0.3 is 10.1 Å². The summed E-state index contributed by atoms with van der Waals surface area (Å²) in [6.07, 6.45) is 4.82. The highest BCUT2D eigenvalue weighted by Crippen LogP contribution is 2.38. The fraction of sp³-hybridized carbons (Fsp3) is 0.536. The Hall–Kier alpha value is -1.97. The topological polar surface area (TPSA) is 72.3 Å². The molecule has 2 aliphatic rings. The Balaban J connectivity index is 0.00000336. The van der Waals surface area contributed by atoms with E-state index in [2.05, 4.69) is 41.3 Å². The van der Waals surface area contributed by atoms with Crippen molar-refractivity contribution in [3.05, 3.63) is 62.2 Å². The van der Waals surface area contributed by atoms with E-state index in [4.69, 9.17) is 21.3 Å². The molecule has 2 aromatic heterocycles. The molecule has 1 amide bonds. The maximum atomic E-state index is 13.2. The first-order valence-electron chi connectivity index (χ1n) is 13.1. The molecule has 3 aromatic rings. The van der Waals surface area contributed by atoms with E-state index in [-0.39, 0.29) is 24.4 Å². The molecule has 0 unspecified atom stereocenters. The van der Waals surface area contributed by atoms with Gasteiger partial charge in [0.15, 0.2) is 5.82 Å². The van der Waals surface area contributed by atoms with E-state index in [1.165, 1.54) is 15.4 Å². The number of aryl methyl sites for hydroxylation is 4. The van der Waals surface area contributed by atoms with Crippen LogP contribution in [0.25, 0.3) is 0 Å². The number of amides is 1. The Bertz CT molecular complexity index is 1200. The van der Waals surface area contributed by atoms with E-state index in [0.29, 0.717) is 30.9 Å². The molecule has 1 aromatic carbocycles. The number of benzene rings is 1. The minimum Gasteiger partial charge on any atom is -0.365 e. The average molecular weight is 579 g/mol. The molecule has 5 rings (SSSR count). The predicted molar refractivity (Wildman–Crippen MR) is 156 cm³/mol. The summed E-state index contributed by atoms with van der Waals surface area (Å²) < 4.78 is 7.92. The van der Waals surface area contributed by atoms with Gasteiger partial charge in [-0.25, -0.2) is 4.98 Å². The van der Waals surface area contributed by atoms with Crippen LogP contribution in [0.4, 0.5) is 5.82 Å². The molecule has 3 heterocycles. The molecule has 1 saturated heterocycles. The fourth-order valence-electron chi connectivity index (χ4n) is 5.55. The zero-order chi connectivity index (χ0) is 26.1. The number of morpholine rings is 1. The van der Waals surface area contributed by atoms with Crippen molar-refractivity contribution in [1.82, 2.24) is 19.7 Å². The predicted octanol–water partition coefficient (Wildman–Crippen LogP) is 5.85. The van der Waals surface area contributed by atoms with Crippen molar-refractivity contribution < 1.29 is 9.53 Å². The van der Waals surface area contributed by atoms with E-state index in [9.17, 15) is 4.79 Å². The highest BCUT2D eigenvalue weighted by molar-refractivity contribution is 7.11. The number of nitrogens with zero attached hydrogens (tertiary/aromatic N) is 4. The van der Waals surface area contributed by atoms with Gasteiger partial charge in [0.25, 0.3) is 5.91 Å². The number of thiazole rings is 1. The van der Waals surface area contributed by atoms with E-state index in [0.717, 1.165) is 48.5 Å². The van der Waals surface area contributed by atoms with Crippen LogP contribution in [0.3, 0.4) is 0 Å². The normalized spacial score (nSPS) is 24.1. The third-order valence-electron chi connectivity index (χ3n) is 7.94. The Labute approximate surface area is 240 Å². The summed E-state index contributed by atoms with van der Waals surface area (Å²) in [4.78, 5) is 21.9. The van der Waals surface area contributed by atoms with Gasteiger partial charge in [0.2, 0.25) is 0 Å². The third-order valence-corrected chi connectivity index (χ3v) is 9.42. The molecular formula is C28H37Cl2N5O2S. The smallest absolute Gasteiger partial charge is 0.256 e. The molecule has 2 fully saturated rings. The fourth-order valence-corrected chi connectivity index (χ4v) is 6.76. The molecule has 206 valence electrons. The SMILES string of the molecule is Cc1nc(C2CCC(N3C[C@H](C(=O)Nc4cc(C)n(C)n4)OC[C@@H]3Cc3ccc(Cl)cc3)CC2)sc1C.Cl. The van der Waals surface area contributed by atoms with Gasteiger partial charge in [0.1, 0.15) is 6.10 Å². The van der Waals surface area contributed by atoms with Crippen LogP contribution in [0.5, 0.6) is 0 Å². The number of ether oxygens (including phenoxy) is 1. The number of anilines is 1. The standard InChI is InChI=1S/C28H36ClN5O2S.ClH/c1-17-13-26(32-33(17)4)31-27(35)25-15-34(24(16-36-25)14-20-5-9-22(29)10-6-20)23-11-7-21(8-12-23)28-30-18(2)19(3)37-28;/h5-6,9-10,13,21,23-25H,7-8,11-12,14-16H2,1-4H3,(H,31,32,35);1H/t21?,23?,24-,25+;/m0./s1. The molecule has 0 radical (unpaired) electrons. The molecule has 2 atom stereocenters. The second-order valence-electron chi connectivity index (χ2n) is 10.5. The zero-order valence-corrected chi connectivity index (χ0v) is 24.8. The first-order chi connectivity index (χ1) is 17.8. The molecule has 1 aliphatic heterocycles. The molecule has 1 N–H and O–H groups in total. The lowest BCUT2D eigenvalue weighted by Crippen LogP contribution is -2.57. The Kier molecular flexibility index (Phi) is 9.53. The summed E-state index contributed by atoms with van der Waals surface area (Å²) >= 11 is 7.97. The number of carbonyl (C=O) groups is 1. The summed E-state index contributed by atoms with van der Waals surface area (Å²) in [6.45, 7) is 7.34. The van der Waals surface area contributed by atoms with Crippen LogP contribution >= 0.6 is 35.3 Å². The van der Waals surface area contributed by atoms with Crippen molar-refractivity contribution in [3.8, 4) is 0 Å². The van der Waals surface area contributed by atoms with E-state index in [1.807, 2.05) is 43.5 Å². The lowest BCUT2D eigenvalue weighted by molar-refractivity contribution is -0.140. The number of aromatic nitrogens is 3. The van der Waals surface area contributed by atoms with Crippen molar-refractivity contribution in [2.75, 3.05) is 18.5 Å². The molecule has 10 heteroatoms. The van der Waals surface area contributed by atoms with E-state index < -0.39 is 6.10 Å². The number of carbonyl (C=O) groups excluding carboxylic acids is 1. The van der Waals surface area contributed by atoms with Gasteiger partial charge in [-0.05, 0) is 70.6 Å². The van der Waals surface area contributed by atoms with Crippen LogP contribution in [0.15, 0.2) is 30.3 Å². The summed E-state index contributed by atoms with van der Waals surface area (Å²) in [6, 6.07) is 10.6. The maximum absolute atomic E-state index is 13.2. The van der Waals surface area contributed by atoms with Crippen LogP contribution in [0.2, 0.25) is 5.02 Å². The van der Waals surface area contributed by atoms with Gasteiger partial charge >= 0.3 is 0 Å². The molecule has 1 saturated carbocycles. The number of rotatable bonds is 6. The van der Waals surface area contributed by atoms with Crippen LogP contribution in [-0.2, 0) is 23.0 Å². The molecule has 38 heavy (non-hydrogen) atoms. The van der Waals surface area contributed by atoms with Crippen LogP contribution in [-0.4, -0.2) is 56.9 Å². The molecule has 0 bridgehead atoms. The molecule has 0 spiro atoms. The van der Waals surface area contributed by atoms with Crippen LogP contribution in [0, 0.1) is 20.8 Å². The van der Waals surface area contributed by atoms with Crippen molar-refractivity contribution in [2.45, 2.75) is 77.0 Å². The first-order valence-corrected chi connectivity index (χ1v) is 14.3. The van der Waals surface area contributed by atoms with E-state index >= 15 is 0 Å². The van der Waals surface area contributed by atoms with Gasteiger partial charge in [-0.3, -0.25) is 14.4 Å². The quantitative estimate of drug-likeness (QED) is 0.397.